The minimum Gasteiger partial charge on any atom is -0.309 e. The normalized spacial score (nSPS) is 11.8. The summed E-state index contributed by atoms with van der Waals surface area (Å²) in [4.78, 5) is 2.44. The van der Waals surface area contributed by atoms with Crippen molar-refractivity contribution >= 4 is 70.9 Å². The maximum Gasteiger partial charge on any atom is 0.0618 e. The Morgan fingerprint density at radius 2 is 0.849 bits per heavy atom. The first-order chi connectivity index (χ1) is 25.9. The van der Waals surface area contributed by atoms with Gasteiger partial charge in [-0.15, -0.1) is 0 Å². The van der Waals surface area contributed by atoms with Gasteiger partial charge in [-0.05, 0) is 128 Å². The lowest BCUT2D eigenvalue weighted by molar-refractivity contribution is 1.29. The minimum absolute atomic E-state index is 1.14. The molecule has 10 aromatic carbocycles. The molecule has 252 valence electrons. The van der Waals surface area contributed by atoms with Crippen molar-refractivity contribution in [2.45, 2.75) is 27.7 Å². The predicted octanol–water partition coefficient (Wildman–Crippen LogP) is 14.9. The van der Waals surface area contributed by atoms with Gasteiger partial charge in [-0.3, -0.25) is 0 Å². The molecule has 1 heteroatoms. The Bertz CT molecular complexity index is 2880. The van der Waals surface area contributed by atoms with Crippen LogP contribution in [0.15, 0.2) is 164 Å². The lowest BCUT2D eigenvalue weighted by Crippen LogP contribution is -2.11. The van der Waals surface area contributed by atoms with Gasteiger partial charge in [0.05, 0.1) is 5.69 Å². The number of benzene rings is 10. The first-order valence-electron chi connectivity index (χ1n) is 18.6. The highest BCUT2D eigenvalue weighted by atomic mass is 15.1. The fourth-order valence-electron chi connectivity index (χ4n) is 8.75. The first-order valence-corrected chi connectivity index (χ1v) is 18.6. The smallest absolute Gasteiger partial charge is 0.0618 e. The van der Waals surface area contributed by atoms with Crippen molar-refractivity contribution in [1.82, 2.24) is 0 Å². The quantitative estimate of drug-likeness (QED) is 0.129. The van der Waals surface area contributed by atoms with E-state index in [1.807, 2.05) is 0 Å². The van der Waals surface area contributed by atoms with Crippen molar-refractivity contribution in [1.29, 1.82) is 0 Å². The molecule has 0 unspecified atom stereocenters. The van der Waals surface area contributed by atoms with E-state index in [2.05, 4.69) is 196 Å². The largest absolute Gasteiger partial charge is 0.309 e. The van der Waals surface area contributed by atoms with Crippen LogP contribution in [0.2, 0.25) is 0 Å². The van der Waals surface area contributed by atoms with E-state index >= 15 is 0 Å². The van der Waals surface area contributed by atoms with Crippen molar-refractivity contribution < 1.29 is 0 Å². The second-order valence-electron chi connectivity index (χ2n) is 14.8. The van der Waals surface area contributed by atoms with E-state index in [-0.39, 0.29) is 0 Å². The van der Waals surface area contributed by atoms with Crippen LogP contribution in [0.25, 0.3) is 76.1 Å². The topological polar surface area (TPSA) is 3.24 Å². The van der Waals surface area contributed by atoms with E-state index in [0.717, 1.165) is 11.4 Å². The van der Waals surface area contributed by atoms with Gasteiger partial charge in [0.25, 0.3) is 0 Å². The predicted molar refractivity (Wildman–Crippen MR) is 230 cm³/mol. The van der Waals surface area contributed by atoms with E-state index in [0.29, 0.717) is 0 Å². The van der Waals surface area contributed by atoms with Gasteiger partial charge in [0, 0.05) is 22.1 Å². The second-order valence-corrected chi connectivity index (χ2v) is 14.8. The lowest BCUT2D eigenvalue weighted by atomic mass is 9.86. The molecule has 1 nitrogen and oxygen atoms in total. The molecule has 0 amide bonds. The molecule has 0 aliphatic heterocycles. The van der Waals surface area contributed by atoms with Gasteiger partial charge in [0.15, 0.2) is 0 Å². The molecule has 10 aromatic rings. The third kappa shape index (κ3) is 4.99. The van der Waals surface area contributed by atoms with E-state index in [9.17, 15) is 0 Å². The summed E-state index contributed by atoms with van der Waals surface area (Å²) in [5, 5.41) is 13.0. The summed E-state index contributed by atoms with van der Waals surface area (Å²) in [6.07, 6.45) is 0. The summed E-state index contributed by atoms with van der Waals surface area (Å²) in [7, 11) is 0. The van der Waals surface area contributed by atoms with Crippen LogP contribution in [-0.2, 0) is 0 Å². The van der Waals surface area contributed by atoms with Crippen molar-refractivity contribution in [3.05, 3.63) is 186 Å². The zero-order valence-electron chi connectivity index (χ0n) is 30.5. The van der Waals surface area contributed by atoms with Gasteiger partial charge < -0.3 is 4.90 Å². The Kier molecular flexibility index (Phi) is 7.13. The number of nitrogens with zero attached hydrogens (tertiary/aromatic N) is 1. The maximum atomic E-state index is 2.44. The van der Waals surface area contributed by atoms with Crippen LogP contribution in [0.5, 0.6) is 0 Å². The molecule has 10 rings (SSSR count). The Hall–Kier alpha value is -6.44. The summed E-state index contributed by atoms with van der Waals surface area (Å²) in [6, 6.07) is 61.3. The van der Waals surface area contributed by atoms with E-state index in [1.54, 1.807) is 0 Å². The highest BCUT2D eigenvalue weighted by molar-refractivity contribution is 6.26. The standard InChI is InChI=1S/C52H39N/c1-32-13-23-40(24-14-32)53(41-25-15-33(2)16-26-41)52-46-11-7-5-9-43(46)50(44-10-6-8-12-47(44)52)37-19-17-36(18-20-37)48-31-35(4)42-27-21-38-29-34(3)30-39-22-28-45(48)51(42)49(38)39/h5-31H,1-4H3. The molecular weight excluding hydrogens is 639 g/mol. The van der Waals surface area contributed by atoms with Crippen LogP contribution in [0, 0.1) is 27.7 Å². The Labute approximate surface area is 310 Å². The number of aryl methyl sites for hydroxylation is 4. The third-order valence-electron chi connectivity index (χ3n) is 11.3. The van der Waals surface area contributed by atoms with Crippen LogP contribution in [-0.4, -0.2) is 0 Å². The van der Waals surface area contributed by atoms with Gasteiger partial charge in [-0.2, -0.15) is 0 Å². The Balaban J connectivity index is 1.18. The summed E-state index contributed by atoms with van der Waals surface area (Å²) >= 11 is 0. The molecule has 0 bridgehead atoms. The molecule has 0 aliphatic carbocycles. The third-order valence-corrected chi connectivity index (χ3v) is 11.3. The van der Waals surface area contributed by atoms with E-state index in [4.69, 9.17) is 0 Å². The van der Waals surface area contributed by atoms with Crippen LogP contribution >= 0.6 is 0 Å². The number of hydrogen-bond acceptors (Lipinski definition) is 1. The zero-order valence-corrected chi connectivity index (χ0v) is 30.5. The minimum atomic E-state index is 1.14. The molecular formula is C52H39N. The van der Waals surface area contributed by atoms with E-state index in [1.165, 1.54) is 104 Å². The number of fused-ring (bicyclic) bond motifs is 2. The molecule has 0 radical (unpaired) electrons. The number of hydrogen-bond donors (Lipinski definition) is 0. The average Bonchev–Trinajstić information content (AvgIpc) is 3.18. The molecule has 0 saturated carbocycles. The summed E-state index contributed by atoms with van der Waals surface area (Å²) < 4.78 is 0. The Morgan fingerprint density at radius 3 is 1.40 bits per heavy atom. The van der Waals surface area contributed by atoms with Gasteiger partial charge in [0.1, 0.15) is 0 Å². The highest BCUT2D eigenvalue weighted by Crippen LogP contribution is 2.48. The number of anilines is 3. The van der Waals surface area contributed by atoms with Crippen molar-refractivity contribution in [3.63, 3.8) is 0 Å². The zero-order chi connectivity index (χ0) is 35.8. The van der Waals surface area contributed by atoms with Crippen LogP contribution < -0.4 is 4.90 Å². The van der Waals surface area contributed by atoms with Crippen LogP contribution in [0.4, 0.5) is 17.1 Å². The van der Waals surface area contributed by atoms with Gasteiger partial charge in [0.2, 0.25) is 0 Å². The molecule has 0 spiro atoms. The van der Waals surface area contributed by atoms with Crippen molar-refractivity contribution in [2.24, 2.45) is 0 Å². The molecule has 53 heavy (non-hydrogen) atoms. The Morgan fingerprint density at radius 1 is 0.358 bits per heavy atom. The molecule has 0 aromatic heterocycles. The average molecular weight is 678 g/mol. The highest BCUT2D eigenvalue weighted by Gasteiger charge is 2.22. The molecule has 0 heterocycles. The molecule has 0 aliphatic rings. The van der Waals surface area contributed by atoms with Crippen molar-refractivity contribution in [2.75, 3.05) is 4.90 Å². The molecule has 0 atom stereocenters. The summed E-state index contributed by atoms with van der Waals surface area (Å²) in [5.41, 5.74) is 13.6. The van der Waals surface area contributed by atoms with Gasteiger partial charge in [-0.25, -0.2) is 0 Å². The lowest BCUT2D eigenvalue weighted by Gasteiger charge is -2.29. The van der Waals surface area contributed by atoms with Crippen molar-refractivity contribution in [3.8, 4) is 22.3 Å². The summed E-state index contributed by atoms with van der Waals surface area (Å²) in [6.45, 7) is 8.75. The van der Waals surface area contributed by atoms with Gasteiger partial charge in [-0.1, -0.05) is 151 Å². The molecule has 0 fully saturated rings. The summed E-state index contributed by atoms with van der Waals surface area (Å²) in [5.74, 6) is 0. The van der Waals surface area contributed by atoms with Crippen LogP contribution in [0.1, 0.15) is 22.3 Å². The fourth-order valence-corrected chi connectivity index (χ4v) is 8.75. The number of rotatable bonds is 5. The fraction of sp³-hybridized carbons (Fsp3) is 0.0769. The van der Waals surface area contributed by atoms with Crippen LogP contribution in [0.3, 0.4) is 0 Å². The maximum absolute atomic E-state index is 2.44. The monoisotopic (exact) mass is 677 g/mol. The van der Waals surface area contributed by atoms with Gasteiger partial charge >= 0.3 is 0 Å². The second kappa shape index (κ2) is 12.1. The SMILES string of the molecule is Cc1ccc(N(c2ccc(C)cc2)c2c3ccccc3c(-c3ccc(-c4cc(C)c5ccc6cc(C)cc7ccc4c5c67)cc3)c3ccccc23)cc1. The first kappa shape index (κ1) is 31.3. The molecule has 0 saturated heterocycles. The van der Waals surface area contributed by atoms with E-state index < -0.39 is 0 Å². The molecule has 0 N–H and O–H groups in total.